The van der Waals surface area contributed by atoms with Crippen molar-refractivity contribution < 1.29 is 27.9 Å². The van der Waals surface area contributed by atoms with Crippen LogP contribution in [-0.2, 0) is 16.0 Å². The minimum atomic E-state index is -4.51. The number of rotatable bonds is 3. The van der Waals surface area contributed by atoms with Crippen LogP contribution in [0.3, 0.4) is 0 Å². The summed E-state index contributed by atoms with van der Waals surface area (Å²) in [7, 11) is 0. The predicted molar refractivity (Wildman–Crippen MR) is 84.2 cm³/mol. The van der Waals surface area contributed by atoms with Crippen molar-refractivity contribution in [2.75, 3.05) is 31.1 Å². The van der Waals surface area contributed by atoms with Crippen LogP contribution in [0.1, 0.15) is 12.0 Å². The molecule has 5 nitrogen and oxygen atoms in total. The van der Waals surface area contributed by atoms with Gasteiger partial charge in [0.2, 0.25) is 5.91 Å². The maximum absolute atomic E-state index is 13.1. The van der Waals surface area contributed by atoms with Crippen molar-refractivity contribution in [1.82, 2.24) is 4.90 Å². The second kappa shape index (κ2) is 6.57. The maximum Gasteiger partial charge on any atom is 0.393 e. The largest absolute Gasteiger partial charge is 0.481 e. The van der Waals surface area contributed by atoms with E-state index in [4.69, 9.17) is 5.11 Å². The summed E-state index contributed by atoms with van der Waals surface area (Å²) in [6.45, 7) is -0.0459. The third-order valence-electron chi connectivity index (χ3n) is 4.92. The molecule has 0 bridgehead atoms. The van der Waals surface area contributed by atoms with Gasteiger partial charge < -0.3 is 14.9 Å². The maximum atomic E-state index is 13.1. The van der Waals surface area contributed by atoms with E-state index >= 15 is 0 Å². The number of hydrogen-bond donors (Lipinski definition) is 1. The van der Waals surface area contributed by atoms with Gasteiger partial charge >= 0.3 is 12.1 Å². The average molecular weight is 356 g/mol. The third-order valence-corrected chi connectivity index (χ3v) is 4.92. The Morgan fingerprint density at radius 2 is 1.92 bits per heavy atom. The Morgan fingerprint density at radius 3 is 2.60 bits per heavy atom. The van der Waals surface area contributed by atoms with Crippen LogP contribution in [0.2, 0.25) is 0 Å². The SMILES string of the molecule is O=C(O)[C@@H]1C[C@H](C(F)(F)F)CN(C(=O)CN2CCc3ccccc32)C1. The molecule has 1 amide bonds. The van der Waals surface area contributed by atoms with Crippen LogP contribution in [0, 0.1) is 11.8 Å². The van der Waals surface area contributed by atoms with E-state index in [1.165, 1.54) is 0 Å². The first-order valence-corrected chi connectivity index (χ1v) is 8.16. The lowest BCUT2D eigenvalue weighted by Crippen LogP contribution is -2.52. The van der Waals surface area contributed by atoms with Gasteiger partial charge in [0.1, 0.15) is 0 Å². The summed E-state index contributed by atoms with van der Waals surface area (Å²) < 4.78 is 39.2. The number of carbonyl (C=O) groups is 2. The number of alkyl halides is 3. The van der Waals surface area contributed by atoms with Crippen molar-refractivity contribution in [3.8, 4) is 0 Å². The lowest BCUT2D eigenvalue weighted by atomic mass is 9.88. The zero-order valence-electron chi connectivity index (χ0n) is 13.5. The molecule has 1 aromatic carbocycles. The highest BCUT2D eigenvalue weighted by atomic mass is 19.4. The van der Waals surface area contributed by atoms with Gasteiger partial charge in [0, 0.05) is 25.3 Å². The predicted octanol–water partition coefficient (Wildman–Crippen LogP) is 2.16. The Morgan fingerprint density at radius 1 is 1.20 bits per heavy atom. The van der Waals surface area contributed by atoms with Gasteiger partial charge in [-0.2, -0.15) is 13.2 Å². The second-order valence-corrected chi connectivity index (χ2v) is 6.61. The highest BCUT2D eigenvalue weighted by Crippen LogP contribution is 2.36. The molecule has 8 heteroatoms. The molecule has 0 saturated carbocycles. The van der Waals surface area contributed by atoms with Gasteiger partial charge in [-0.1, -0.05) is 18.2 Å². The van der Waals surface area contributed by atoms with Gasteiger partial charge in [0.05, 0.1) is 18.4 Å². The molecule has 2 atom stereocenters. The molecule has 136 valence electrons. The quantitative estimate of drug-likeness (QED) is 0.902. The number of piperidine rings is 1. The molecule has 0 aromatic heterocycles. The fourth-order valence-corrected chi connectivity index (χ4v) is 3.55. The Hall–Kier alpha value is -2.25. The molecule has 1 saturated heterocycles. The minimum Gasteiger partial charge on any atom is -0.481 e. The number of hydrogen-bond acceptors (Lipinski definition) is 3. The molecule has 25 heavy (non-hydrogen) atoms. The second-order valence-electron chi connectivity index (χ2n) is 6.61. The van der Waals surface area contributed by atoms with E-state index in [9.17, 15) is 22.8 Å². The van der Waals surface area contributed by atoms with Crippen molar-refractivity contribution in [2.45, 2.75) is 19.0 Å². The third kappa shape index (κ3) is 3.72. The van der Waals surface area contributed by atoms with Gasteiger partial charge in [0.15, 0.2) is 0 Å². The van der Waals surface area contributed by atoms with E-state index in [-0.39, 0.29) is 13.1 Å². The summed E-state index contributed by atoms with van der Waals surface area (Å²) in [5, 5.41) is 9.12. The molecule has 1 fully saturated rings. The monoisotopic (exact) mass is 356 g/mol. The van der Waals surface area contributed by atoms with E-state index in [1.807, 2.05) is 29.2 Å². The van der Waals surface area contributed by atoms with E-state index in [1.54, 1.807) is 0 Å². The summed E-state index contributed by atoms with van der Waals surface area (Å²) in [4.78, 5) is 26.6. The smallest absolute Gasteiger partial charge is 0.393 e. The molecule has 0 aliphatic carbocycles. The number of aliphatic carboxylic acids is 1. The molecular weight excluding hydrogens is 337 g/mol. The van der Waals surface area contributed by atoms with Gasteiger partial charge in [-0.05, 0) is 24.5 Å². The molecule has 0 unspecified atom stereocenters. The van der Waals surface area contributed by atoms with Crippen LogP contribution >= 0.6 is 0 Å². The summed E-state index contributed by atoms with van der Waals surface area (Å²) in [5.41, 5.74) is 2.01. The number of para-hydroxylation sites is 1. The van der Waals surface area contributed by atoms with Crippen LogP contribution in [-0.4, -0.2) is 54.2 Å². The zero-order chi connectivity index (χ0) is 18.2. The van der Waals surface area contributed by atoms with Crippen molar-refractivity contribution in [2.24, 2.45) is 11.8 Å². The van der Waals surface area contributed by atoms with Crippen molar-refractivity contribution >= 4 is 17.6 Å². The highest BCUT2D eigenvalue weighted by Gasteiger charge is 2.47. The molecule has 3 rings (SSSR count). The number of anilines is 1. The van der Waals surface area contributed by atoms with Crippen LogP contribution in [0.15, 0.2) is 24.3 Å². The summed E-state index contributed by atoms with van der Waals surface area (Å²) in [6, 6.07) is 7.59. The number of likely N-dealkylation sites (tertiary alicyclic amines) is 1. The summed E-state index contributed by atoms with van der Waals surface area (Å²) in [6.07, 6.45) is -4.20. The van der Waals surface area contributed by atoms with E-state index < -0.39 is 42.9 Å². The molecule has 0 radical (unpaired) electrons. The van der Waals surface area contributed by atoms with Crippen LogP contribution in [0.4, 0.5) is 18.9 Å². The Bertz CT molecular complexity index is 677. The molecular formula is C17H19F3N2O3. The first-order chi connectivity index (χ1) is 11.8. The molecule has 2 heterocycles. The van der Waals surface area contributed by atoms with E-state index in [0.29, 0.717) is 6.54 Å². The van der Waals surface area contributed by atoms with Crippen molar-refractivity contribution in [1.29, 1.82) is 0 Å². The van der Waals surface area contributed by atoms with Crippen LogP contribution in [0.5, 0.6) is 0 Å². The van der Waals surface area contributed by atoms with Gasteiger partial charge in [-0.3, -0.25) is 9.59 Å². The zero-order valence-corrected chi connectivity index (χ0v) is 13.5. The fourth-order valence-electron chi connectivity index (χ4n) is 3.55. The van der Waals surface area contributed by atoms with E-state index in [2.05, 4.69) is 0 Å². The first-order valence-electron chi connectivity index (χ1n) is 8.16. The highest BCUT2D eigenvalue weighted by molar-refractivity contribution is 5.83. The van der Waals surface area contributed by atoms with Gasteiger partial charge in [0.25, 0.3) is 0 Å². The number of halogens is 3. The van der Waals surface area contributed by atoms with Gasteiger partial charge in [-0.25, -0.2) is 0 Å². The standard InChI is InChI=1S/C17H19F3N2O3/c18-17(19,20)13-7-12(16(24)25)8-22(9-13)15(23)10-21-6-5-11-3-1-2-4-14(11)21/h1-4,12-13H,5-10H2,(H,24,25)/t12-,13+/m1/s1. The Labute approximate surface area is 143 Å². The van der Waals surface area contributed by atoms with Crippen molar-refractivity contribution in [3.05, 3.63) is 29.8 Å². The molecule has 2 aliphatic heterocycles. The Kier molecular flexibility index (Phi) is 4.62. The molecule has 0 spiro atoms. The summed E-state index contributed by atoms with van der Waals surface area (Å²) in [5.74, 6) is -4.73. The fraction of sp³-hybridized carbons (Fsp3) is 0.529. The molecule has 1 N–H and O–H groups in total. The number of benzene rings is 1. The lowest BCUT2D eigenvalue weighted by molar-refractivity contribution is -0.194. The molecule has 2 aliphatic rings. The number of carboxylic acid groups (broad SMARTS) is 1. The molecule has 1 aromatic rings. The van der Waals surface area contributed by atoms with Crippen molar-refractivity contribution in [3.63, 3.8) is 0 Å². The normalized spacial score (nSPS) is 23.5. The lowest BCUT2D eigenvalue weighted by Gasteiger charge is -2.37. The number of amides is 1. The summed E-state index contributed by atoms with van der Waals surface area (Å²) >= 11 is 0. The minimum absolute atomic E-state index is 0.0338. The average Bonchev–Trinajstić information content (AvgIpc) is 2.97. The van der Waals surface area contributed by atoms with Crippen LogP contribution in [0.25, 0.3) is 0 Å². The first kappa shape index (κ1) is 17.6. The number of nitrogens with zero attached hydrogens (tertiary/aromatic N) is 2. The van der Waals surface area contributed by atoms with Crippen LogP contribution < -0.4 is 4.90 Å². The van der Waals surface area contributed by atoms with E-state index in [0.717, 1.165) is 22.6 Å². The topological polar surface area (TPSA) is 60.9 Å². The number of carbonyl (C=O) groups excluding carboxylic acids is 1. The number of fused-ring (bicyclic) bond motifs is 1. The number of carboxylic acids is 1. The Balaban J connectivity index is 1.71. The van der Waals surface area contributed by atoms with Gasteiger partial charge in [-0.15, -0.1) is 0 Å².